The van der Waals surface area contributed by atoms with Crippen LogP contribution in [0, 0.1) is 6.92 Å². The maximum absolute atomic E-state index is 6.02. The summed E-state index contributed by atoms with van der Waals surface area (Å²) < 4.78 is 0. The Morgan fingerprint density at radius 3 is 2.60 bits per heavy atom. The van der Waals surface area contributed by atoms with Gasteiger partial charge >= 0.3 is 0 Å². The molecule has 3 heterocycles. The van der Waals surface area contributed by atoms with E-state index in [1.165, 1.54) is 16.5 Å². The summed E-state index contributed by atoms with van der Waals surface area (Å²) in [7, 11) is 0. The number of anilines is 1. The van der Waals surface area contributed by atoms with Crippen molar-refractivity contribution >= 4 is 16.6 Å². The van der Waals surface area contributed by atoms with Gasteiger partial charge in [0.05, 0.1) is 0 Å². The number of hydrogen-bond donors (Lipinski definition) is 1. The van der Waals surface area contributed by atoms with E-state index < -0.39 is 0 Å². The standard InChI is InChI=1S/C20H23N5/c1-14-22-12-18(20(21)24-14)13-25-8-6-15(7-9-25)19-10-16-4-2-3-5-17(16)11-23-19/h2-5,10-12,15H,6-9,13H2,1H3,(H2,21,22,24). The third-order valence-corrected chi connectivity index (χ3v) is 5.07. The van der Waals surface area contributed by atoms with Crippen LogP contribution < -0.4 is 5.73 Å². The number of benzene rings is 1. The quantitative estimate of drug-likeness (QED) is 0.796. The van der Waals surface area contributed by atoms with Crippen LogP contribution in [-0.4, -0.2) is 32.9 Å². The van der Waals surface area contributed by atoms with Crippen LogP contribution in [-0.2, 0) is 6.54 Å². The van der Waals surface area contributed by atoms with Gasteiger partial charge in [-0.2, -0.15) is 0 Å². The SMILES string of the molecule is Cc1ncc(CN2CCC(c3cc4ccccc4cn3)CC2)c(N)n1. The molecule has 5 nitrogen and oxygen atoms in total. The number of nitrogens with zero attached hydrogens (tertiary/aromatic N) is 4. The highest BCUT2D eigenvalue weighted by molar-refractivity contribution is 5.81. The number of hydrogen-bond acceptors (Lipinski definition) is 5. The Kier molecular flexibility index (Phi) is 4.32. The van der Waals surface area contributed by atoms with E-state index in [1.807, 2.05) is 19.3 Å². The average molecular weight is 333 g/mol. The molecule has 0 bridgehead atoms. The maximum Gasteiger partial charge on any atom is 0.131 e. The number of fused-ring (bicyclic) bond motifs is 1. The second-order valence-electron chi connectivity index (χ2n) is 6.83. The van der Waals surface area contributed by atoms with Crippen LogP contribution in [0.1, 0.15) is 35.8 Å². The molecule has 0 spiro atoms. The van der Waals surface area contributed by atoms with Crippen molar-refractivity contribution in [2.45, 2.75) is 32.2 Å². The first-order chi connectivity index (χ1) is 12.2. The summed E-state index contributed by atoms with van der Waals surface area (Å²) in [6.45, 7) is 4.78. The van der Waals surface area contributed by atoms with Crippen LogP contribution in [0.15, 0.2) is 42.7 Å². The van der Waals surface area contributed by atoms with E-state index in [1.54, 1.807) is 0 Å². The molecule has 0 amide bonds. The summed E-state index contributed by atoms with van der Waals surface area (Å²) in [6, 6.07) is 10.7. The summed E-state index contributed by atoms with van der Waals surface area (Å²) in [5, 5.41) is 2.48. The molecule has 1 fully saturated rings. The van der Waals surface area contributed by atoms with E-state index in [4.69, 9.17) is 10.7 Å². The van der Waals surface area contributed by atoms with Gasteiger partial charge < -0.3 is 5.73 Å². The normalized spacial score (nSPS) is 16.4. The molecule has 0 radical (unpaired) electrons. The van der Waals surface area contributed by atoms with Gasteiger partial charge in [-0.3, -0.25) is 9.88 Å². The summed E-state index contributed by atoms with van der Waals surface area (Å²) in [4.78, 5) is 15.7. The molecule has 128 valence electrons. The van der Waals surface area contributed by atoms with Crippen LogP contribution in [0.4, 0.5) is 5.82 Å². The van der Waals surface area contributed by atoms with Gasteiger partial charge in [0.15, 0.2) is 0 Å². The minimum atomic E-state index is 0.535. The number of aromatic nitrogens is 3. The molecule has 25 heavy (non-hydrogen) atoms. The summed E-state index contributed by atoms with van der Waals surface area (Å²) in [5.41, 5.74) is 8.26. The maximum atomic E-state index is 6.02. The summed E-state index contributed by atoms with van der Waals surface area (Å²) >= 11 is 0. The van der Waals surface area contributed by atoms with Crippen molar-refractivity contribution in [1.82, 2.24) is 19.9 Å². The van der Waals surface area contributed by atoms with Gasteiger partial charge in [0, 0.05) is 41.5 Å². The van der Waals surface area contributed by atoms with Crippen LogP contribution in [0.2, 0.25) is 0 Å². The highest BCUT2D eigenvalue weighted by Gasteiger charge is 2.22. The molecule has 2 N–H and O–H groups in total. The lowest BCUT2D eigenvalue weighted by Gasteiger charge is -2.31. The lowest BCUT2D eigenvalue weighted by Crippen LogP contribution is -2.33. The van der Waals surface area contributed by atoms with Crippen LogP contribution in [0.3, 0.4) is 0 Å². The second kappa shape index (κ2) is 6.76. The number of nitrogens with two attached hydrogens (primary N) is 1. The molecule has 1 aliphatic heterocycles. The monoisotopic (exact) mass is 333 g/mol. The molecule has 0 saturated carbocycles. The number of piperidine rings is 1. The van der Waals surface area contributed by atoms with E-state index in [9.17, 15) is 0 Å². The Morgan fingerprint density at radius 1 is 1.08 bits per heavy atom. The van der Waals surface area contributed by atoms with Gasteiger partial charge in [-0.1, -0.05) is 24.3 Å². The van der Waals surface area contributed by atoms with Crippen molar-refractivity contribution in [3.8, 4) is 0 Å². The first-order valence-corrected chi connectivity index (χ1v) is 8.84. The zero-order valence-corrected chi connectivity index (χ0v) is 14.5. The molecule has 1 aromatic carbocycles. The third-order valence-electron chi connectivity index (χ3n) is 5.07. The van der Waals surface area contributed by atoms with E-state index >= 15 is 0 Å². The zero-order chi connectivity index (χ0) is 17.2. The van der Waals surface area contributed by atoms with E-state index in [-0.39, 0.29) is 0 Å². The van der Waals surface area contributed by atoms with Crippen molar-refractivity contribution in [1.29, 1.82) is 0 Å². The molecule has 3 aromatic rings. The summed E-state index contributed by atoms with van der Waals surface area (Å²) in [5.74, 6) is 1.86. The average Bonchev–Trinajstić information content (AvgIpc) is 2.64. The topological polar surface area (TPSA) is 67.9 Å². The van der Waals surface area contributed by atoms with Crippen LogP contribution in [0.5, 0.6) is 0 Å². The molecule has 5 heteroatoms. The van der Waals surface area contributed by atoms with Crippen molar-refractivity contribution in [3.05, 3.63) is 59.8 Å². The van der Waals surface area contributed by atoms with Crippen molar-refractivity contribution in [3.63, 3.8) is 0 Å². The van der Waals surface area contributed by atoms with Crippen molar-refractivity contribution in [2.75, 3.05) is 18.8 Å². The fourth-order valence-electron chi connectivity index (χ4n) is 3.59. The van der Waals surface area contributed by atoms with Crippen molar-refractivity contribution < 1.29 is 0 Å². The third kappa shape index (κ3) is 3.46. The first kappa shape index (κ1) is 16.0. The lowest BCUT2D eigenvalue weighted by atomic mass is 9.92. The molecular weight excluding hydrogens is 310 g/mol. The van der Waals surface area contributed by atoms with Gasteiger partial charge in [0.2, 0.25) is 0 Å². The Morgan fingerprint density at radius 2 is 1.84 bits per heavy atom. The number of nitrogen functional groups attached to an aromatic ring is 1. The van der Waals surface area contributed by atoms with Gasteiger partial charge in [0.25, 0.3) is 0 Å². The van der Waals surface area contributed by atoms with E-state index in [0.717, 1.165) is 43.9 Å². The molecule has 1 saturated heterocycles. The Balaban J connectivity index is 1.42. The fraction of sp³-hybridized carbons (Fsp3) is 0.350. The Labute approximate surface area is 147 Å². The smallest absolute Gasteiger partial charge is 0.131 e. The molecular formula is C20H23N5. The highest BCUT2D eigenvalue weighted by Crippen LogP contribution is 2.29. The minimum Gasteiger partial charge on any atom is -0.383 e. The summed E-state index contributed by atoms with van der Waals surface area (Å²) in [6.07, 6.45) is 6.10. The highest BCUT2D eigenvalue weighted by atomic mass is 15.1. The Bertz CT molecular complexity index is 884. The molecule has 0 aliphatic carbocycles. The molecule has 2 aromatic heterocycles. The second-order valence-corrected chi connectivity index (χ2v) is 6.83. The fourth-order valence-corrected chi connectivity index (χ4v) is 3.59. The largest absolute Gasteiger partial charge is 0.383 e. The molecule has 0 atom stereocenters. The number of aryl methyl sites for hydroxylation is 1. The van der Waals surface area contributed by atoms with Crippen LogP contribution >= 0.6 is 0 Å². The molecule has 4 rings (SSSR count). The predicted octanol–water partition coefficient (Wildman–Crippen LogP) is 3.30. The molecule has 1 aliphatic rings. The van der Waals surface area contributed by atoms with E-state index in [0.29, 0.717) is 11.7 Å². The number of rotatable bonds is 3. The lowest BCUT2D eigenvalue weighted by molar-refractivity contribution is 0.203. The van der Waals surface area contributed by atoms with Crippen molar-refractivity contribution in [2.24, 2.45) is 0 Å². The van der Waals surface area contributed by atoms with Gasteiger partial charge in [-0.15, -0.1) is 0 Å². The minimum absolute atomic E-state index is 0.535. The first-order valence-electron chi connectivity index (χ1n) is 8.84. The van der Waals surface area contributed by atoms with Crippen LogP contribution in [0.25, 0.3) is 10.8 Å². The van der Waals surface area contributed by atoms with Gasteiger partial charge in [-0.25, -0.2) is 9.97 Å². The number of pyridine rings is 1. The predicted molar refractivity (Wildman–Crippen MR) is 100 cm³/mol. The zero-order valence-electron chi connectivity index (χ0n) is 14.5. The van der Waals surface area contributed by atoms with E-state index in [2.05, 4.69) is 45.2 Å². The number of likely N-dealkylation sites (tertiary alicyclic amines) is 1. The molecule has 0 unspecified atom stereocenters. The Hall–Kier alpha value is -2.53. The van der Waals surface area contributed by atoms with Gasteiger partial charge in [0.1, 0.15) is 11.6 Å². The van der Waals surface area contributed by atoms with Gasteiger partial charge in [-0.05, 0) is 44.3 Å².